The van der Waals surface area contributed by atoms with E-state index >= 15 is 0 Å². The van der Waals surface area contributed by atoms with Crippen LogP contribution in [0.4, 0.5) is 47.1 Å². The van der Waals surface area contributed by atoms with E-state index in [2.05, 4.69) is 60.2 Å². The fraction of sp³-hybridized carbons (Fsp3) is 0.458. The van der Waals surface area contributed by atoms with Crippen molar-refractivity contribution >= 4 is 75.4 Å². The van der Waals surface area contributed by atoms with E-state index in [-0.39, 0.29) is 36.1 Å². The zero-order valence-corrected chi connectivity index (χ0v) is 26.0. The summed E-state index contributed by atoms with van der Waals surface area (Å²) in [6.45, 7) is 4.45. The number of morpholine rings is 2. The van der Waals surface area contributed by atoms with E-state index in [1.807, 2.05) is 21.9 Å². The Labute approximate surface area is 267 Å². The summed E-state index contributed by atoms with van der Waals surface area (Å²) in [6, 6.07) is 7.22. The third-order valence-corrected chi connectivity index (χ3v) is 7.45. The maximum atomic E-state index is 11.1. The van der Waals surface area contributed by atoms with Crippen LogP contribution in [0.15, 0.2) is 29.3 Å². The molecule has 3 aromatic rings. The average Bonchev–Trinajstić information content (AvgIpc) is 3.06. The van der Waals surface area contributed by atoms with Gasteiger partial charge in [0, 0.05) is 62.4 Å². The Kier molecular flexibility index (Phi) is 12.0. The van der Waals surface area contributed by atoms with Crippen molar-refractivity contribution in [2.45, 2.75) is 0 Å². The lowest BCUT2D eigenvalue weighted by atomic mass is 10.3. The smallest absolute Gasteiger partial charge is 0.266 e. The predicted octanol–water partition coefficient (Wildman–Crippen LogP) is 1.29. The Bertz CT molecular complexity index is 1560. The highest BCUT2D eigenvalue weighted by molar-refractivity contribution is 7.95. The number of benzene rings is 1. The van der Waals surface area contributed by atoms with Crippen molar-refractivity contribution in [2.24, 2.45) is 4.99 Å². The van der Waals surface area contributed by atoms with E-state index in [9.17, 15) is 8.42 Å². The van der Waals surface area contributed by atoms with Gasteiger partial charge in [-0.15, -0.1) is 4.33 Å². The van der Waals surface area contributed by atoms with Gasteiger partial charge in [0.05, 0.1) is 37.9 Å². The predicted molar refractivity (Wildman–Crippen MR) is 169 cm³/mol. The van der Waals surface area contributed by atoms with Crippen molar-refractivity contribution in [1.82, 2.24) is 29.9 Å². The van der Waals surface area contributed by atoms with Crippen LogP contribution in [-0.4, -0.2) is 125 Å². The summed E-state index contributed by atoms with van der Waals surface area (Å²) in [5.74, 6) is 1.45. The Morgan fingerprint density at radius 2 is 1.39 bits per heavy atom. The molecule has 0 aliphatic carbocycles. The first-order valence-electron chi connectivity index (χ1n) is 14.0. The van der Waals surface area contributed by atoms with Crippen LogP contribution in [0.5, 0.6) is 0 Å². The first-order chi connectivity index (χ1) is 22.3. The molecule has 248 valence electrons. The number of nitrogens with zero attached hydrogens (tertiary/aromatic N) is 9. The second-order valence-electron chi connectivity index (χ2n) is 9.52. The lowest BCUT2D eigenvalue weighted by Crippen LogP contribution is -2.37. The average molecular weight is 681 g/mol. The molecule has 5 N–H and O–H groups in total. The van der Waals surface area contributed by atoms with Gasteiger partial charge in [-0.25, -0.2) is 10.2 Å². The van der Waals surface area contributed by atoms with Crippen LogP contribution < -0.4 is 25.8 Å². The molecule has 22 heteroatoms. The first kappa shape index (κ1) is 33.3. The van der Waals surface area contributed by atoms with Gasteiger partial charge in [0.25, 0.3) is 16.1 Å². The number of ether oxygens (including phenoxy) is 2. The number of aromatic nitrogens is 6. The third kappa shape index (κ3) is 10.5. The largest absolute Gasteiger partial charge is 0.378 e. The molecule has 2 aromatic heterocycles. The zero-order valence-electron chi connectivity index (χ0n) is 24.4. The number of nitrogens with one attached hydrogen (secondary N) is 3. The van der Waals surface area contributed by atoms with E-state index in [0.29, 0.717) is 75.9 Å². The zero-order chi connectivity index (χ0) is 32.2. The number of rotatable bonds is 15. The summed E-state index contributed by atoms with van der Waals surface area (Å²) in [4.78, 5) is 34.9. The van der Waals surface area contributed by atoms with Gasteiger partial charge < -0.3 is 35.2 Å². The van der Waals surface area contributed by atoms with Crippen LogP contribution in [-0.2, 0) is 29.0 Å². The van der Waals surface area contributed by atoms with Crippen molar-refractivity contribution in [2.75, 3.05) is 96.4 Å². The SMILES string of the molecule is O=S(=O)(O)CCNc1nc(Nc2ccc(Nc3nc(N=CCSOOO)nc(N4CCOCC4)n3)cc2)nc(N2CCOCC2)n1. The molecule has 4 heterocycles. The lowest BCUT2D eigenvalue weighted by Gasteiger charge is -2.27. The second-order valence-corrected chi connectivity index (χ2v) is 11.8. The van der Waals surface area contributed by atoms with Gasteiger partial charge in [-0.2, -0.15) is 38.3 Å². The molecule has 2 aliphatic heterocycles. The molecule has 0 unspecified atom stereocenters. The Balaban J connectivity index is 1.30. The van der Waals surface area contributed by atoms with Gasteiger partial charge in [-0.3, -0.25) is 4.55 Å². The molecule has 46 heavy (non-hydrogen) atoms. The van der Waals surface area contributed by atoms with Crippen molar-refractivity contribution in [1.29, 1.82) is 0 Å². The highest BCUT2D eigenvalue weighted by atomic mass is 32.2. The fourth-order valence-electron chi connectivity index (χ4n) is 4.16. The molecular weight excluding hydrogens is 648 g/mol. The van der Waals surface area contributed by atoms with E-state index < -0.39 is 15.9 Å². The monoisotopic (exact) mass is 680 g/mol. The summed E-state index contributed by atoms with van der Waals surface area (Å²) >= 11 is 0.831. The van der Waals surface area contributed by atoms with Crippen LogP contribution in [0.1, 0.15) is 0 Å². The number of hydrogen-bond donors (Lipinski definition) is 5. The molecule has 2 saturated heterocycles. The minimum absolute atomic E-state index is 0.0887. The Morgan fingerprint density at radius 1 is 0.848 bits per heavy atom. The molecule has 0 radical (unpaired) electrons. The molecule has 2 fully saturated rings. The topological polar surface area (TPSA) is 244 Å². The van der Waals surface area contributed by atoms with Crippen LogP contribution in [0.3, 0.4) is 0 Å². The molecule has 20 nitrogen and oxygen atoms in total. The Morgan fingerprint density at radius 3 is 1.96 bits per heavy atom. The van der Waals surface area contributed by atoms with Gasteiger partial charge in [0.1, 0.15) is 0 Å². The third-order valence-electron chi connectivity index (χ3n) is 6.29. The highest BCUT2D eigenvalue weighted by Crippen LogP contribution is 2.23. The van der Waals surface area contributed by atoms with Crippen molar-refractivity contribution < 1.29 is 37.1 Å². The minimum atomic E-state index is -4.15. The fourth-order valence-corrected chi connectivity index (χ4v) is 4.76. The van der Waals surface area contributed by atoms with E-state index in [0.717, 1.165) is 12.0 Å². The van der Waals surface area contributed by atoms with Crippen LogP contribution >= 0.6 is 12.0 Å². The number of aliphatic imine (C=N–C) groups is 1. The van der Waals surface area contributed by atoms with E-state index in [1.165, 1.54) is 6.21 Å². The molecule has 0 saturated carbocycles. The van der Waals surface area contributed by atoms with Gasteiger partial charge in [0.2, 0.25) is 29.7 Å². The molecule has 0 bridgehead atoms. The van der Waals surface area contributed by atoms with Crippen molar-refractivity contribution in [3.05, 3.63) is 24.3 Å². The first-order valence-corrected chi connectivity index (χ1v) is 16.5. The molecule has 0 spiro atoms. The standard InChI is InChI=1S/C24H32N12O8S2/c37-43-44-45-15-5-25-19-29-21(33-23(31-19)35-7-11-41-12-8-35)27-17-1-3-18(4-2-17)28-22-30-20(26-6-16-46(38,39)40)32-24(34-22)36-9-13-42-14-10-36/h1-5,37H,6-16H2,(H,38,39,40)(H,27,29,31,33)(H2,26,28,30,32,34). The van der Waals surface area contributed by atoms with Crippen molar-refractivity contribution in [3.63, 3.8) is 0 Å². The minimum Gasteiger partial charge on any atom is -0.378 e. The Hall–Kier alpha value is -4.03. The molecule has 0 amide bonds. The van der Waals surface area contributed by atoms with E-state index in [1.54, 1.807) is 12.1 Å². The summed E-state index contributed by atoms with van der Waals surface area (Å²) in [5, 5.41) is 21.0. The van der Waals surface area contributed by atoms with Gasteiger partial charge in [-0.1, -0.05) is 5.04 Å². The number of anilines is 7. The van der Waals surface area contributed by atoms with Crippen molar-refractivity contribution in [3.8, 4) is 0 Å². The maximum absolute atomic E-state index is 11.1. The van der Waals surface area contributed by atoms with Crippen LogP contribution in [0, 0.1) is 0 Å². The number of hydrogen-bond acceptors (Lipinski definition) is 20. The molecule has 2 aliphatic rings. The second kappa shape index (κ2) is 16.5. The summed E-state index contributed by atoms with van der Waals surface area (Å²) in [7, 11) is -4.15. The van der Waals surface area contributed by atoms with Gasteiger partial charge in [-0.05, 0) is 24.3 Å². The summed E-state index contributed by atoms with van der Waals surface area (Å²) in [6.07, 6.45) is 1.51. The summed E-state index contributed by atoms with van der Waals surface area (Å²) < 4.78 is 46.6. The summed E-state index contributed by atoms with van der Waals surface area (Å²) in [5.41, 5.74) is 1.34. The van der Waals surface area contributed by atoms with Crippen LogP contribution in [0.2, 0.25) is 0 Å². The molecule has 5 rings (SSSR count). The molecule has 0 atom stereocenters. The quantitative estimate of drug-likeness (QED) is 0.0379. The maximum Gasteiger partial charge on any atom is 0.266 e. The van der Waals surface area contributed by atoms with Crippen LogP contribution in [0.25, 0.3) is 0 Å². The molecule has 1 aromatic carbocycles. The normalized spacial score (nSPS) is 15.7. The lowest BCUT2D eigenvalue weighted by molar-refractivity contribution is -0.432. The molecular formula is C24H32N12O8S2. The van der Waals surface area contributed by atoms with Gasteiger partial charge >= 0.3 is 0 Å². The van der Waals surface area contributed by atoms with Gasteiger partial charge in [0.15, 0.2) is 0 Å². The van der Waals surface area contributed by atoms with E-state index in [4.69, 9.17) is 19.3 Å². The highest BCUT2D eigenvalue weighted by Gasteiger charge is 2.18.